The Bertz CT molecular complexity index is 1540. The fourth-order valence-corrected chi connectivity index (χ4v) is 4.88. The molecule has 3 N–H and O–H groups in total. The van der Waals surface area contributed by atoms with Crippen molar-refractivity contribution in [3.8, 4) is 11.1 Å². The number of carbonyl (C=O) groups excluding carboxylic acids is 1. The number of amides is 1. The molecule has 4 aromatic rings. The van der Waals surface area contributed by atoms with Crippen molar-refractivity contribution in [3.63, 3.8) is 0 Å². The molecule has 0 saturated carbocycles. The number of aliphatic hydroxyl groups is 1. The number of aliphatic hydroxyl groups excluding tert-OH is 1. The normalized spacial score (nSPS) is 13.2. The third kappa shape index (κ3) is 6.30. The van der Waals surface area contributed by atoms with Gasteiger partial charge in [-0.15, -0.1) is 0 Å². The van der Waals surface area contributed by atoms with Gasteiger partial charge in [0.25, 0.3) is 0 Å². The van der Waals surface area contributed by atoms with Crippen LogP contribution in [0.1, 0.15) is 11.1 Å². The molecule has 5 rings (SSSR count). The van der Waals surface area contributed by atoms with Crippen molar-refractivity contribution in [2.45, 2.75) is 25.7 Å². The van der Waals surface area contributed by atoms with Gasteiger partial charge >= 0.3 is 12.1 Å². The van der Waals surface area contributed by atoms with Crippen LogP contribution in [0.25, 0.3) is 11.1 Å². The summed E-state index contributed by atoms with van der Waals surface area (Å²) in [5.41, 5.74) is 3.85. The quantitative estimate of drug-likeness (QED) is 0.258. The monoisotopic (exact) mass is 591 g/mol. The minimum Gasteiger partial charge on any atom is -0.394 e. The number of fused-ring (bicyclic) bond motifs is 1. The van der Waals surface area contributed by atoms with Crippen molar-refractivity contribution < 1.29 is 23.1 Å². The Morgan fingerprint density at radius 2 is 1.80 bits per heavy atom. The van der Waals surface area contributed by atoms with Crippen molar-refractivity contribution in [1.82, 2.24) is 24.6 Å². The molecule has 1 aliphatic rings. The van der Waals surface area contributed by atoms with Crippen LogP contribution in [0.3, 0.4) is 0 Å². The Morgan fingerprint density at radius 1 is 1.02 bits per heavy atom. The van der Waals surface area contributed by atoms with Gasteiger partial charge in [-0.1, -0.05) is 29.3 Å². The van der Waals surface area contributed by atoms with Gasteiger partial charge in [-0.2, -0.15) is 23.3 Å². The van der Waals surface area contributed by atoms with E-state index in [1.165, 1.54) is 0 Å². The van der Waals surface area contributed by atoms with E-state index in [1.54, 1.807) is 53.6 Å². The van der Waals surface area contributed by atoms with Gasteiger partial charge < -0.3 is 20.6 Å². The molecular weight excluding hydrogens is 570 g/mol. The molecule has 9 nitrogen and oxygen atoms in total. The second-order valence-corrected chi connectivity index (χ2v) is 9.91. The van der Waals surface area contributed by atoms with Gasteiger partial charge in [0, 0.05) is 58.0 Å². The highest BCUT2D eigenvalue weighted by atomic mass is 35.5. The zero-order valence-electron chi connectivity index (χ0n) is 20.7. The summed E-state index contributed by atoms with van der Waals surface area (Å²) in [6, 6.07) is 10.2. The van der Waals surface area contributed by atoms with E-state index >= 15 is 0 Å². The predicted octanol–water partition coefficient (Wildman–Crippen LogP) is 5.57. The lowest BCUT2D eigenvalue weighted by Gasteiger charge is -2.29. The average molecular weight is 592 g/mol. The molecular formula is C26H22Cl2F3N7O2. The zero-order valence-corrected chi connectivity index (χ0v) is 22.2. The van der Waals surface area contributed by atoms with E-state index in [1.807, 2.05) is 6.07 Å². The van der Waals surface area contributed by atoms with Crippen molar-refractivity contribution in [3.05, 3.63) is 76.2 Å². The van der Waals surface area contributed by atoms with Crippen molar-refractivity contribution in [2.24, 2.45) is 0 Å². The molecule has 14 heteroatoms. The van der Waals surface area contributed by atoms with Crippen LogP contribution in [-0.4, -0.2) is 55.0 Å². The molecule has 3 heterocycles. The summed E-state index contributed by atoms with van der Waals surface area (Å²) in [6.45, 7) is 0.0537. The summed E-state index contributed by atoms with van der Waals surface area (Å²) in [5, 5.41) is 20.6. The van der Waals surface area contributed by atoms with E-state index in [4.69, 9.17) is 23.2 Å². The Kier molecular flexibility index (Phi) is 7.83. The molecule has 0 aliphatic carbocycles. The number of rotatable bonds is 7. The highest BCUT2D eigenvalue weighted by molar-refractivity contribution is 6.35. The Morgan fingerprint density at radius 3 is 2.52 bits per heavy atom. The Balaban J connectivity index is 1.47. The lowest BCUT2D eigenvalue weighted by atomic mass is 9.99. The van der Waals surface area contributed by atoms with E-state index in [0.29, 0.717) is 56.9 Å². The van der Waals surface area contributed by atoms with E-state index in [-0.39, 0.29) is 25.6 Å². The fourth-order valence-electron chi connectivity index (χ4n) is 4.36. The molecule has 0 atom stereocenters. The molecule has 0 spiro atoms. The van der Waals surface area contributed by atoms with Crippen molar-refractivity contribution in [1.29, 1.82) is 0 Å². The summed E-state index contributed by atoms with van der Waals surface area (Å²) in [5.74, 6) is -1.24. The number of nitrogens with zero attached hydrogens (tertiary/aromatic N) is 5. The first-order valence-electron chi connectivity index (χ1n) is 12.1. The Hall–Kier alpha value is -3.87. The first-order chi connectivity index (χ1) is 19.1. The number of alkyl halides is 3. The SMILES string of the molecule is O=C(N1CCc2ccc(Nc3nc(Nc4cc(Cl)cc(Cl)c4)ncc3-c3cnn(CCO)c3)cc2C1)C(F)(F)F. The second-order valence-electron chi connectivity index (χ2n) is 9.04. The number of halogens is 5. The number of benzene rings is 2. The Labute approximate surface area is 236 Å². The number of carbonyl (C=O) groups is 1. The van der Waals surface area contributed by atoms with Crippen LogP contribution in [0.2, 0.25) is 10.0 Å². The number of nitrogens with one attached hydrogen (secondary N) is 2. The first kappa shape index (κ1) is 27.7. The van der Waals surface area contributed by atoms with E-state index in [0.717, 1.165) is 10.5 Å². The molecule has 1 amide bonds. The number of hydrogen-bond acceptors (Lipinski definition) is 7. The van der Waals surface area contributed by atoms with Crippen LogP contribution in [0.4, 0.5) is 36.3 Å². The van der Waals surface area contributed by atoms with E-state index in [2.05, 4.69) is 25.7 Å². The van der Waals surface area contributed by atoms with Crippen LogP contribution in [0.15, 0.2) is 55.0 Å². The minimum absolute atomic E-state index is 0.00540. The minimum atomic E-state index is -4.93. The molecule has 0 bridgehead atoms. The van der Waals surface area contributed by atoms with Crippen LogP contribution in [0.5, 0.6) is 0 Å². The molecule has 0 radical (unpaired) electrons. The predicted molar refractivity (Wildman–Crippen MR) is 145 cm³/mol. The lowest BCUT2D eigenvalue weighted by molar-refractivity contribution is -0.186. The van der Waals surface area contributed by atoms with Crippen molar-refractivity contribution >= 4 is 52.3 Å². The molecule has 0 saturated heterocycles. The van der Waals surface area contributed by atoms with E-state index < -0.39 is 12.1 Å². The van der Waals surface area contributed by atoms with Crippen LogP contribution in [-0.2, 0) is 24.3 Å². The van der Waals surface area contributed by atoms with Gasteiger partial charge in [-0.3, -0.25) is 9.48 Å². The standard InChI is InChI=1S/C26H22Cl2F3N7O2/c27-18-8-19(28)10-21(9-18)35-25-32-12-22(17-11-33-38(14-17)5-6-39)23(36-25)34-20-2-1-15-3-4-37(13-16(15)7-20)24(40)26(29,30)31/h1-2,7-12,14,39H,3-6,13H2,(H2,32,34,35,36). The maximum absolute atomic E-state index is 13.0. The van der Waals surface area contributed by atoms with Crippen LogP contribution < -0.4 is 10.6 Å². The number of aromatic nitrogens is 4. The summed E-state index contributed by atoms with van der Waals surface area (Å²) >= 11 is 12.2. The summed E-state index contributed by atoms with van der Waals surface area (Å²) < 4.78 is 40.6. The van der Waals surface area contributed by atoms with Gasteiger partial charge in [-0.25, -0.2) is 4.98 Å². The molecule has 0 fully saturated rings. The molecule has 40 heavy (non-hydrogen) atoms. The molecule has 1 aliphatic heterocycles. The lowest BCUT2D eigenvalue weighted by Crippen LogP contribution is -2.43. The second kappa shape index (κ2) is 11.3. The van der Waals surface area contributed by atoms with E-state index in [9.17, 15) is 23.1 Å². The van der Waals surface area contributed by atoms with Gasteiger partial charge in [0.1, 0.15) is 5.82 Å². The van der Waals surface area contributed by atoms with Crippen molar-refractivity contribution in [2.75, 3.05) is 23.8 Å². The van der Waals surface area contributed by atoms with Gasteiger partial charge in [0.05, 0.1) is 19.3 Å². The molecule has 0 unspecified atom stereocenters. The van der Waals surface area contributed by atoms with Crippen LogP contribution >= 0.6 is 23.2 Å². The zero-order chi connectivity index (χ0) is 28.4. The van der Waals surface area contributed by atoms with Gasteiger partial charge in [0.2, 0.25) is 5.95 Å². The summed E-state index contributed by atoms with van der Waals surface area (Å²) in [6.07, 6.45) is 0.317. The molecule has 2 aromatic heterocycles. The molecule has 2 aromatic carbocycles. The first-order valence-corrected chi connectivity index (χ1v) is 12.8. The fraction of sp³-hybridized carbons (Fsp3) is 0.231. The maximum Gasteiger partial charge on any atom is 0.471 e. The third-order valence-corrected chi connectivity index (χ3v) is 6.63. The highest BCUT2D eigenvalue weighted by Crippen LogP contribution is 2.32. The van der Waals surface area contributed by atoms with Gasteiger partial charge in [0.15, 0.2) is 0 Å². The average Bonchev–Trinajstić information content (AvgIpc) is 3.35. The third-order valence-electron chi connectivity index (χ3n) is 6.19. The highest BCUT2D eigenvalue weighted by Gasteiger charge is 2.43. The molecule has 208 valence electrons. The smallest absolute Gasteiger partial charge is 0.394 e. The van der Waals surface area contributed by atoms with Gasteiger partial charge in [-0.05, 0) is 47.9 Å². The summed E-state index contributed by atoms with van der Waals surface area (Å²) in [7, 11) is 0. The topological polar surface area (TPSA) is 108 Å². The number of hydrogen-bond donors (Lipinski definition) is 3. The maximum atomic E-state index is 13.0. The largest absolute Gasteiger partial charge is 0.471 e. The summed E-state index contributed by atoms with van der Waals surface area (Å²) in [4.78, 5) is 21.6. The number of anilines is 4. The van der Waals surface area contributed by atoms with Crippen LogP contribution in [0, 0.1) is 0 Å².